The maximum atomic E-state index is 13.2. The lowest BCUT2D eigenvalue weighted by atomic mass is 10.1. The van der Waals surface area contributed by atoms with Crippen LogP contribution in [-0.2, 0) is 89.3 Å². The number of nitrogens with zero attached hydrogens (tertiary/aromatic N) is 3. The molecule has 0 aliphatic carbocycles. The Balaban J connectivity index is 1.03. The number of carbonyl (C=O) groups is 9. The van der Waals surface area contributed by atoms with Crippen molar-refractivity contribution in [1.29, 1.82) is 0 Å². The normalized spacial score (nSPS) is 14.9. The monoisotopic (exact) mass is 1020 g/mol. The zero-order chi connectivity index (χ0) is 52.5. The van der Waals surface area contributed by atoms with Crippen molar-refractivity contribution in [2.24, 2.45) is 0 Å². The Morgan fingerprint density at radius 2 is 1.15 bits per heavy atom. The van der Waals surface area contributed by atoms with Crippen molar-refractivity contribution >= 4 is 58.9 Å². The van der Waals surface area contributed by atoms with Gasteiger partial charge >= 0.3 is 5.97 Å². The van der Waals surface area contributed by atoms with E-state index in [1.165, 1.54) is 19.1 Å². The van der Waals surface area contributed by atoms with Crippen LogP contribution in [0.25, 0.3) is 0 Å². The molecule has 1 atom stereocenters. The molecule has 1 saturated heterocycles. The number of rotatable bonds is 30. The van der Waals surface area contributed by atoms with E-state index in [1.54, 1.807) is 59.5 Å². The minimum absolute atomic E-state index is 0.0493. The summed E-state index contributed by atoms with van der Waals surface area (Å²) < 4.78 is 38.4. The SMILES string of the molecule is CC(=O)OCc1ccc(NC(=O)CNC(=O)[C@H](Cc2ccccc2)NC(=O)CNC(=O)CNC(=O)CN2CCOCCN(C(=O)CCOCCOCCOCCOCCN3C(=O)C=CC3=O)CCOCC2)cc1. The summed E-state index contributed by atoms with van der Waals surface area (Å²) in [6.45, 7) is 5.26. The van der Waals surface area contributed by atoms with Crippen LogP contribution in [0.2, 0.25) is 0 Å². The molecular weight excluding hydrogens is 957 g/mol. The Morgan fingerprint density at radius 1 is 0.603 bits per heavy atom. The van der Waals surface area contributed by atoms with Gasteiger partial charge in [-0.15, -0.1) is 0 Å². The van der Waals surface area contributed by atoms with Crippen LogP contribution >= 0.6 is 0 Å². The average Bonchev–Trinajstić information content (AvgIpc) is 3.69. The number of imide groups is 1. The number of esters is 1. The van der Waals surface area contributed by atoms with Crippen molar-refractivity contribution in [1.82, 2.24) is 36.0 Å². The minimum Gasteiger partial charge on any atom is -0.461 e. The van der Waals surface area contributed by atoms with E-state index < -0.39 is 61.2 Å². The van der Waals surface area contributed by atoms with E-state index in [4.69, 9.17) is 33.2 Å². The summed E-state index contributed by atoms with van der Waals surface area (Å²) in [5, 5.41) is 12.8. The molecular formula is C49H68N8O16. The standard InChI is InChI=1S/C49H68N8O16/c1-37(58)73-36-39-7-9-40(10-8-39)53-43(60)34-52-49(66)41(31-38-5-3-2-4-6-38)54-44(61)33-50-42(59)32-51-45(62)35-55-14-20-68-22-16-56(17-23-69-21-15-55)46(63)13-19-67-25-27-71-29-30-72-28-26-70-24-18-57-47(64)11-12-48(57)65/h2-12,41H,13-36H2,1H3,(H,50,59)(H,51,62)(H,52,66)(H,53,60)(H,54,61)/t41-/m0/s1. The fourth-order valence-electron chi connectivity index (χ4n) is 6.81. The third kappa shape index (κ3) is 25.5. The Kier molecular flexibility index (Phi) is 28.0. The van der Waals surface area contributed by atoms with Gasteiger partial charge in [-0.3, -0.25) is 53.0 Å². The third-order valence-corrected chi connectivity index (χ3v) is 10.7. The molecule has 0 unspecified atom stereocenters. The summed E-state index contributed by atoms with van der Waals surface area (Å²) in [6, 6.07) is 14.5. The van der Waals surface area contributed by atoms with Crippen LogP contribution in [0.5, 0.6) is 0 Å². The predicted molar refractivity (Wildman–Crippen MR) is 260 cm³/mol. The second kappa shape index (κ2) is 34.7. The highest BCUT2D eigenvalue weighted by atomic mass is 16.6. The number of carbonyl (C=O) groups excluding carboxylic acids is 9. The van der Waals surface area contributed by atoms with Gasteiger partial charge < -0.3 is 64.6 Å². The van der Waals surface area contributed by atoms with Crippen LogP contribution in [0.1, 0.15) is 24.5 Å². The van der Waals surface area contributed by atoms with Crippen LogP contribution < -0.4 is 26.6 Å². The molecule has 8 amide bonds. The quantitative estimate of drug-likeness (QED) is 0.0332. The largest absolute Gasteiger partial charge is 0.461 e. The Labute approximate surface area is 424 Å². The molecule has 2 aliphatic rings. The van der Waals surface area contributed by atoms with Crippen LogP contribution in [0.15, 0.2) is 66.7 Å². The highest BCUT2D eigenvalue weighted by molar-refractivity contribution is 6.12. The van der Waals surface area contributed by atoms with Gasteiger partial charge in [0.05, 0.1) is 118 Å². The number of benzene rings is 2. The molecule has 0 spiro atoms. The van der Waals surface area contributed by atoms with Crippen LogP contribution in [0.3, 0.4) is 0 Å². The molecule has 0 saturated carbocycles. The lowest BCUT2D eigenvalue weighted by molar-refractivity contribution is -0.142. The van der Waals surface area contributed by atoms with Gasteiger partial charge in [-0.25, -0.2) is 0 Å². The van der Waals surface area contributed by atoms with Gasteiger partial charge in [-0.05, 0) is 23.3 Å². The fraction of sp³-hybridized carbons (Fsp3) is 0.531. The second-order valence-corrected chi connectivity index (χ2v) is 16.3. The first kappa shape index (κ1) is 58.9. The molecule has 24 nitrogen and oxygen atoms in total. The molecule has 24 heteroatoms. The molecule has 0 radical (unpaired) electrons. The zero-order valence-corrected chi connectivity index (χ0v) is 41.3. The lowest BCUT2D eigenvalue weighted by Crippen LogP contribution is -2.52. The van der Waals surface area contributed by atoms with Crippen LogP contribution in [0, 0.1) is 0 Å². The number of hydrogen-bond acceptors (Lipinski definition) is 17. The van der Waals surface area contributed by atoms with Crippen molar-refractivity contribution < 1.29 is 76.3 Å². The first-order chi connectivity index (χ1) is 35.4. The molecule has 73 heavy (non-hydrogen) atoms. The van der Waals surface area contributed by atoms with E-state index >= 15 is 0 Å². The number of anilines is 1. The van der Waals surface area contributed by atoms with Crippen LogP contribution in [0.4, 0.5) is 5.69 Å². The number of hydrogen-bond donors (Lipinski definition) is 5. The van der Waals surface area contributed by atoms with Gasteiger partial charge in [0.25, 0.3) is 11.8 Å². The number of ether oxygens (including phenoxy) is 7. The van der Waals surface area contributed by atoms with Gasteiger partial charge in [-0.2, -0.15) is 0 Å². The molecule has 2 aromatic rings. The average molecular weight is 1030 g/mol. The van der Waals surface area contributed by atoms with E-state index in [1.807, 2.05) is 4.90 Å². The van der Waals surface area contributed by atoms with Gasteiger partial charge in [0, 0.05) is 57.4 Å². The predicted octanol–water partition coefficient (Wildman–Crippen LogP) is -1.68. The Bertz CT molecular complexity index is 2080. The summed E-state index contributed by atoms with van der Waals surface area (Å²) >= 11 is 0. The van der Waals surface area contributed by atoms with Gasteiger partial charge in [-0.1, -0.05) is 42.5 Å². The molecule has 2 aromatic carbocycles. The summed E-state index contributed by atoms with van der Waals surface area (Å²) in [5.41, 5.74) is 1.93. The first-order valence-corrected chi connectivity index (χ1v) is 24.0. The van der Waals surface area contributed by atoms with Gasteiger partial charge in [0.15, 0.2) is 0 Å². The molecule has 2 aliphatic heterocycles. The zero-order valence-electron chi connectivity index (χ0n) is 41.3. The van der Waals surface area contributed by atoms with Crippen molar-refractivity contribution in [3.05, 3.63) is 77.9 Å². The highest BCUT2D eigenvalue weighted by Gasteiger charge is 2.24. The first-order valence-electron chi connectivity index (χ1n) is 24.0. The van der Waals surface area contributed by atoms with E-state index in [2.05, 4.69) is 26.6 Å². The lowest BCUT2D eigenvalue weighted by Gasteiger charge is -2.26. The van der Waals surface area contributed by atoms with E-state index in [-0.39, 0.29) is 89.9 Å². The summed E-state index contributed by atoms with van der Waals surface area (Å²) in [6.07, 6.45) is 2.73. The molecule has 0 bridgehead atoms. The maximum absolute atomic E-state index is 13.2. The van der Waals surface area contributed by atoms with E-state index in [0.29, 0.717) is 71.5 Å². The summed E-state index contributed by atoms with van der Waals surface area (Å²) in [5.74, 6) is -4.08. The van der Waals surface area contributed by atoms with Crippen LogP contribution in [-0.4, -0.2) is 212 Å². The Morgan fingerprint density at radius 3 is 1.77 bits per heavy atom. The second-order valence-electron chi connectivity index (χ2n) is 16.3. The number of amides is 8. The van der Waals surface area contributed by atoms with Gasteiger partial charge in [0.2, 0.25) is 35.4 Å². The summed E-state index contributed by atoms with van der Waals surface area (Å²) in [7, 11) is 0. The molecule has 400 valence electrons. The molecule has 5 N–H and O–H groups in total. The van der Waals surface area contributed by atoms with Crippen molar-refractivity contribution in [3.63, 3.8) is 0 Å². The van der Waals surface area contributed by atoms with Crippen molar-refractivity contribution in [2.45, 2.75) is 32.4 Å². The van der Waals surface area contributed by atoms with Crippen molar-refractivity contribution in [2.75, 3.05) is 144 Å². The smallest absolute Gasteiger partial charge is 0.302 e. The van der Waals surface area contributed by atoms with Gasteiger partial charge in [0.1, 0.15) is 12.6 Å². The molecule has 0 aromatic heterocycles. The number of nitrogens with one attached hydrogen (secondary N) is 5. The van der Waals surface area contributed by atoms with Crippen molar-refractivity contribution in [3.8, 4) is 0 Å². The molecule has 1 fully saturated rings. The molecule has 2 heterocycles. The maximum Gasteiger partial charge on any atom is 0.302 e. The molecule has 4 rings (SSSR count). The topological polar surface area (TPSA) is 288 Å². The fourth-order valence-corrected chi connectivity index (χ4v) is 6.81. The minimum atomic E-state index is -1.09. The third-order valence-electron chi connectivity index (χ3n) is 10.7. The van der Waals surface area contributed by atoms with E-state index in [9.17, 15) is 43.2 Å². The summed E-state index contributed by atoms with van der Waals surface area (Å²) in [4.78, 5) is 116. The Hall–Kier alpha value is -6.67. The van der Waals surface area contributed by atoms with E-state index in [0.717, 1.165) is 16.0 Å². The highest BCUT2D eigenvalue weighted by Crippen LogP contribution is 2.11.